The van der Waals surface area contributed by atoms with Crippen LogP contribution in [0.15, 0.2) is 20.9 Å². The van der Waals surface area contributed by atoms with E-state index in [0.717, 1.165) is 18.1 Å². The normalized spacial score (nSPS) is 16.2. The fourth-order valence-electron chi connectivity index (χ4n) is 0.965. The van der Waals surface area contributed by atoms with Crippen LogP contribution >= 0.6 is 50.8 Å². The number of thiophene rings is 1. The largest absolute Gasteiger partial charge is 0.271 e. The molecular formula is C8H8BrNS3. The van der Waals surface area contributed by atoms with E-state index in [1.165, 1.54) is 13.0 Å². The summed E-state index contributed by atoms with van der Waals surface area (Å²) in [6, 6.07) is 4.27. The highest BCUT2D eigenvalue weighted by atomic mass is 79.9. The van der Waals surface area contributed by atoms with Gasteiger partial charge in [-0.1, -0.05) is 23.5 Å². The third-order valence-corrected chi connectivity index (χ3v) is 5.63. The Morgan fingerprint density at radius 1 is 1.54 bits per heavy atom. The number of thioether (sulfide) groups is 2. The molecule has 1 aliphatic rings. The van der Waals surface area contributed by atoms with Crippen LogP contribution in [-0.4, -0.2) is 16.7 Å². The molecule has 1 aliphatic heterocycles. The molecule has 1 aromatic rings. The summed E-state index contributed by atoms with van der Waals surface area (Å²) in [5.74, 6) is 2.22. The quantitative estimate of drug-likeness (QED) is 0.821. The Hall–Kier alpha value is 0.550. The molecule has 1 aromatic heterocycles. The molecule has 0 N–H and O–H groups in total. The summed E-state index contributed by atoms with van der Waals surface area (Å²) in [6.07, 6.45) is 0. The number of aliphatic imine (C=N–C) groups is 1. The molecule has 70 valence electrons. The van der Waals surface area contributed by atoms with Crippen molar-refractivity contribution in [2.75, 3.05) is 12.3 Å². The van der Waals surface area contributed by atoms with Crippen LogP contribution in [0.2, 0.25) is 0 Å². The first-order chi connectivity index (χ1) is 6.34. The molecule has 2 heterocycles. The maximum atomic E-state index is 4.39. The first kappa shape index (κ1) is 10.1. The average Bonchev–Trinajstić information content (AvgIpc) is 2.71. The van der Waals surface area contributed by atoms with Gasteiger partial charge in [0.1, 0.15) is 4.38 Å². The standard InChI is InChI=1S/C8H8BrNS3/c9-7-2-1-6(13-7)5-12-8-10-3-4-11-8/h1-2H,3-5H2. The molecule has 13 heavy (non-hydrogen) atoms. The minimum Gasteiger partial charge on any atom is -0.271 e. The van der Waals surface area contributed by atoms with Crippen LogP contribution in [0, 0.1) is 0 Å². The second-order valence-electron chi connectivity index (χ2n) is 2.49. The van der Waals surface area contributed by atoms with Gasteiger partial charge in [0.2, 0.25) is 0 Å². The molecule has 1 nitrogen and oxygen atoms in total. The maximum Gasteiger partial charge on any atom is 0.125 e. The molecule has 0 aliphatic carbocycles. The van der Waals surface area contributed by atoms with Gasteiger partial charge in [0.15, 0.2) is 0 Å². The lowest BCUT2D eigenvalue weighted by Crippen LogP contribution is -1.80. The van der Waals surface area contributed by atoms with Crippen LogP contribution in [0.25, 0.3) is 0 Å². The molecule has 0 radical (unpaired) electrons. The number of hydrogen-bond donors (Lipinski definition) is 0. The molecule has 0 spiro atoms. The predicted molar refractivity (Wildman–Crippen MR) is 68.1 cm³/mol. The summed E-state index contributed by atoms with van der Waals surface area (Å²) < 4.78 is 2.47. The zero-order valence-electron chi connectivity index (χ0n) is 6.83. The molecule has 0 saturated carbocycles. The Morgan fingerprint density at radius 3 is 3.08 bits per heavy atom. The highest BCUT2D eigenvalue weighted by molar-refractivity contribution is 9.11. The van der Waals surface area contributed by atoms with Crippen molar-refractivity contribution in [3.05, 3.63) is 20.8 Å². The van der Waals surface area contributed by atoms with Crippen molar-refractivity contribution in [1.82, 2.24) is 0 Å². The van der Waals surface area contributed by atoms with E-state index < -0.39 is 0 Å². The van der Waals surface area contributed by atoms with E-state index >= 15 is 0 Å². The number of halogens is 1. The first-order valence-corrected chi connectivity index (χ1v) is 7.47. The Kier molecular flexibility index (Phi) is 3.77. The summed E-state index contributed by atoms with van der Waals surface area (Å²) in [6.45, 7) is 1.00. The monoisotopic (exact) mass is 293 g/mol. The summed E-state index contributed by atoms with van der Waals surface area (Å²) >= 11 is 8.99. The van der Waals surface area contributed by atoms with Crippen molar-refractivity contribution in [3.63, 3.8) is 0 Å². The third kappa shape index (κ3) is 3.01. The molecule has 2 rings (SSSR count). The summed E-state index contributed by atoms with van der Waals surface area (Å²) in [5, 5.41) is 0. The zero-order valence-corrected chi connectivity index (χ0v) is 10.9. The lowest BCUT2D eigenvalue weighted by Gasteiger charge is -1.96. The Labute approximate surface area is 98.5 Å². The molecule has 0 unspecified atom stereocenters. The van der Waals surface area contributed by atoms with Crippen LogP contribution < -0.4 is 0 Å². The fourth-order valence-corrected chi connectivity index (χ4v) is 4.50. The van der Waals surface area contributed by atoms with Crippen molar-refractivity contribution >= 4 is 55.2 Å². The van der Waals surface area contributed by atoms with Crippen molar-refractivity contribution in [2.45, 2.75) is 5.75 Å². The third-order valence-electron chi connectivity index (χ3n) is 1.52. The van der Waals surface area contributed by atoms with Crippen LogP contribution in [-0.2, 0) is 5.75 Å². The number of hydrogen-bond acceptors (Lipinski definition) is 4. The van der Waals surface area contributed by atoms with E-state index in [0.29, 0.717) is 0 Å². The maximum absolute atomic E-state index is 4.39. The molecule has 5 heteroatoms. The molecule has 0 amide bonds. The number of rotatable bonds is 2. The van der Waals surface area contributed by atoms with Crippen LogP contribution in [0.3, 0.4) is 0 Å². The smallest absolute Gasteiger partial charge is 0.125 e. The Morgan fingerprint density at radius 2 is 2.46 bits per heavy atom. The van der Waals surface area contributed by atoms with Gasteiger partial charge in [-0.2, -0.15) is 0 Å². The second-order valence-corrected chi connectivity index (χ2v) is 7.34. The van der Waals surface area contributed by atoms with E-state index in [2.05, 4.69) is 33.1 Å². The summed E-state index contributed by atoms with van der Waals surface area (Å²) in [5.41, 5.74) is 0. The van der Waals surface area contributed by atoms with E-state index in [9.17, 15) is 0 Å². The molecule has 0 bridgehead atoms. The molecule has 0 fully saturated rings. The topological polar surface area (TPSA) is 12.4 Å². The lowest BCUT2D eigenvalue weighted by molar-refractivity contribution is 1.18. The summed E-state index contributed by atoms with van der Waals surface area (Å²) in [7, 11) is 0. The van der Waals surface area contributed by atoms with Gasteiger partial charge in [0.05, 0.1) is 10.3 Å². The van der Waals surface area contributed by atoms with Gasteiger partial charge in [-0.25, -0.2) is 0 Å². The number of nitrogens with zero attached hydrogens (tertiary/aromatic N) is 1. The predicted octanol–water partition coefficient (Wildman–Crippen LogP) is 3.85. The van der Waals surface area contributed by atoms with Gasteiger partial charge in [-0.15, -0.1) is 11.3 Å². The van der Waals surface area contributed by atoms with Crippen molar-refractivity contribution < 1.29 is 0 Å². The van der Waals surface area contributed by atoms with E-state index in [4.69, 9.17) is 0 Å². The highest BCUT2D eigenvalue weighted by Gasteiger charge is 2.08. The SMILES string of the molecule is Brc1ccc(CSC2=NCCS2)s1. The van der Waals surface area contributed by atoms with Gasteiger partial charge in [-0.05, 0) is 28.1 Å². The van der Waals surface area contributed by atoms with E-state index in [1.807, 2.05) is 23.5 Å². The minimum atomic E-state index is 1.00. The zero-order chi connectivity index (χ0) is 9.10. The Bertz CT molecular complexity index is 321. The van der Waals surface area contributed by atoms with Gasteiger partial charge in [0, 0.05) is 16.4 Å². The first-order valence-electron chi connectivity index (χ1n) is 3.89. The van der Waals surface area contributed by atoms with Crippen molar-refractivity contribution in [3.8, 4) is 0 Å². The molecular weight excluding hydrogens is 286 g/mol. The Balaban J connectivity index is 1.85. The van der Waals surface area contributed by atoms with Gasteiger partial charge in [-0.3, -0.25) is 4.99 Å². The van der Waals surface area contributed by atoms with Crippen LogP contribution in [0.4, 0.5) is 0 Å². The second kappa shape index (κ2) is 4.87. The summed E-state index contributed by atoms with van der Waals surface area (Å²) in [4.78, 5) is 5.80. The van der Waals surface area contributed by atoms with Crippen molar-refractivity contribution in [1.29, 1.82) is 0 Å². The average molecular weight is 294 g/mol. The van der Waals surface area contributed by atoms with Crippen LogP contribution in [0.5, 0.6) is 0 Å². The van der Waals surface area contributed by atoms with Gasteiger partial charge in [0.25, 0.3) is 0 Å². The molecule has 0 aromatic carbocycles. The van der Waals surface area contributed by atoms with E-state index in [-0.39, 0.29) is 0 Å². The van der Waals surface area contributed by atoms with Crippen molar-refractivity contribution in [2.24, 2.45) is 4.99 Å². The lowest BCUT2D eigenvalue weighted by atomic mass is 10.5. The van der Waals surface area contributed by atoms with Gasteiger partial charge >= 0.3 is 0 Å². The molecule has 0 saturated heterocycles. The van der Waals surface area contributed by atoms with Crippen LogP contribution in [0.1, 0.15) is 4.88 Å². The van der Waals surface area contributed by atoms with E-state index in [1.54, 1.807) is 11.3 Å². The minimum absolute atomic E-state index is 1.00. The highest BCUT2D eigenvalue weighted by Crippen LogP contribution is 2.29. The fraction of sp³-hybridized carbons (Fsp3) is 0.375. The molecule has 0 atom stereocenters. The van der Waals surface area contributed by atoms with Gasteiger partial charge < -0.3 is 0 Å².